The maximum Gasteiger partial charge on any atom is 0.500 e. The first-order valence-corrected chi connectivity index (χ1v) is 21.5. The molecule has 10 heteroatoms. The molecular weight excluding hydrogens is 553 g/mol. The molecule has 230 valence electrons. The van der Waals surface area contributed by atoms with Gasteiger partial charge in [0, 0.05) is 66.3 Å². The highest BCUT2D eigenvalue weighted by Crippen LogP contribution is 2.25. The summed E-state index contributed by atoms with van der Waals surface area (Å²) in [6.45, 7) is 0. The molecule has 0 unspecified atom stereocenters. The minimum absolute atomic E-state index is 0.927. The van der Waals surface area contributed by atoms with Crippen LogP contribution in [0, 0.1) is 0 Å². The Morgan fingerprint density at radius 2 is 0.526 bits per heavy atom. The lowest BCUT2D eigenvalue weighted by atomic mass is 10.1. The number of hydrogen-bond acceptors (Lipinski definition) is 8. The van der Waals surface area contributed by atoms with E-state index in [0.29, 0.717) is 0 Å². The first-order chi connectivity index (χ1) is 18.6. The van der Waals surface area contributed by atoms with Crippen molar-refractivity contribution in [3.05, 3.63) is 0 Å². The molecule has 0 amide bonds. The summed E-state index contributed by atoms with van der Waals surface area (Å²) in [7, 11) is 9.67. The van der Waals surface area contributed by atoms with Crippen molar-refractivity contribution < 1.29 is 26.6 Å². The monoisotopic (exact) mass is 614 g/mol. The Balaban J connectivity index is 3.25. The smallest absolute Gasteiger partial charge is 0.377 e. The summed E-state index contributed by atoms with van der Waals surface area (Å²) in [5, 5.41) is 0. The number of unbranched alkanes of at least 4 members (excludes halogenated alkanes) is 16. The van der Waals surface area contributed by atoms with E-state index < -0.39 is 17.6 Å². The van der Waals surface area contributed by atoms with Crippen molar-refractivity contribution >= 4 is 39.2 Å². The molecule has 0 radical (unpaired) electrons. The second kappa shape index (κ2) is 28.0. The van der Waals surface area contributed by atoms with Crippen molar-refractivity contribution in [1.29, 1.82) is 0 Å². The molecule has 0 aromatic heterocycles. The molecule has 0 rings (SSSR count). The van der Waals surface area contributed by atoms with Gasteiger partial charge in [0.25, 0.3) is 0 Å². The zero-order valence-corrected chi connectivity index (χ0v) is 29.5. The fourth-order valence-electron chi connectivity index (χ4n) is 4.71. The summed E-state index contributed by atoms with van der Waals surface area (Å²) in [5.41, 5.74) is 0. The zero-order valence-electron chi connectivity index (χ0n) is 25.8. The molecule has 0 heterocycles. The Morgan fingerprint density at radius 3 is 0.763 bits per heavy atom. The predicted octanol–water partition coefficient (Wildman–Crippen LogP) is 9.15. The molecule has 0 bridgehead atoms. The minimum Gasteiger partial charge on any atom is -0.377 e. The van der Waals surface area contributed by atoms with E-state index >= 15 is 0 Å². The third-order valence-electron chi connectivity index (χ3n) is 7.37. The van der Waals surface area contributed by atoms with Crippen LogP contribution in [0.4, 0.5) is 0 Å². The van der Waals surface area contributed by atoms with E-state index in [4.69, 9.17) is 26.6 Å². The molecule has 0 saturated carbocycles. The number of hydrogen-bond donors (Lipinski definition) is 0. The Hall–Kier alpha value is 0.894. The SMILES string of the molecule is CO[Si](CCCCCCCCCCCSSCCCCCCCCCCC[Si](OC)(OC)OC)(OC)OC. The molecule has 6 nitrogen and oxygen atoms in total. The summed E-state index contributed by atoms with van der Waals surface area (Å²) in [5.74, 6) is 2.63. The van der Waals surface area contributed by atoms with E-state index in [9.17, 15) is 0 Å². The fourth-order valence-corrected chi connectivity index (χ4v) is 10.6. The van der Waals surface area contributed by atoms with Gasteiger partial charge >= 0.3 is 17.6 Å². The predicted molar refractivity (Wildman–Crippen MR) is 171 cm³/mol. The maximum atomic E-state index is 5.48. The van der Waals surface area contributed by atoms with E-state index in [1.165, 1.54) is 114 Å². The van der Waals surface area contributed by atoms with E-state index in [0.717, 1.165) is 24.9 Å². The molecule has 0 fully saturated rings. The van der Waals surface area contributed by atoms with Gasteiger partial charge in [-0.05, 0) is 25.7 Å². The molecule has 0 aliphatic carbocycles. The highest BCUT2D eigenvalue weighted by atomic mass is 33.1. The van der Waals surface area contributed by atoms with Crippen LogP contribution in [-0.4, -0.2) is 71.8 Å². The lowest BCUT2D eigenvalue weighted by molar-refractivity contribution is 0.122. The van der Waals surface area contributed by atoms with Gasteiger partial charge in [0.1, 0.15) is 0 Å². The first kappa shape index (κ1) is 38.9. The average Bonchev–Trinajstić information content (AvgIpc) is 2.96. The molecule has 0 aliphatic rings. The highest BCUT2D eigenvalue weighted by Gasteiger charge is 2.37. The second-order valence-electron chi connectivity index (χ2n) is 10.1. The third-order valence-corrected chi connectivity index (χ3v) is 15.6. The molecule has 38 heavy (non-hydrogen) atoms. The van der Waals surface area contributed by atoms with Gasteiger partial charge in [-0.15, -0.1) is 0 Å². The first-order valence-electron chi connectivity index (χ1n) is 15.1. The lowest BCUT2D eigenvalue weighted by Gasteiger charge is -2.24. The normalized spacial score (nSPS) is 12.5. The van der Waals surface area contributed by atoms with Gasteiger partial charge in [-0.1, -0.05) is 111 Å². The van der Waals surface area contributed by atoms with Crippen LogP contribution in [0.15, 0.2) is 0 Å². The van der Waals surface area contributed by atoms with Gasteiger partial charge in [-0.25, -0.2) is 0 Å². The van der Waals surface area contributed by atoms with Gasteiger partial charge in [-0.2, -0.15) is 0 Å². The van der Waals surface area contributed by atoms with Crippen molar-refractivity contribution in [2.45, 2.75) is 128 Å². The van der Waals surface area contributed by atoms with E-state index in [1.807, 2.05) is 0 Å². The van der Waals surface area contributed by atoms with Crippen LogP contribution >= 0.6 is 21.6 Å². The lowest BCUT2D eigenvalue weighted by Crippen LogP contribution is -2.42. The summed E-state index contributed by atoms with van der Waals surface area (Å²) in [4.78, 5) is 0. The van der Waals surface area contributed by atoms with E-state index in [-0.39, 0.29) is 0 Å². The molecule has 0 atom stereocenters. The molecular formula is C28H62O6S2Si2. The quantitative estimate of drug-likeness (QED) is 0.0435. The Labute approximate surface area is 246 Å². The van der Waals surface area contributed by atoms with Crippen LogP contribution in [0.3, 0.4) is 0 Å². The van der Waals surface area contributed by atoms with Crippen molar-refractivity contribution in [2.24, 2.45) is 0 Å². The average molecular weight is 615 g/mol. The summed E-state index contributed by atoms with van der Waals surface area (Å²) in [6, 6.07) is 1.85. The van der Waals surface area contributed by atoms with Gasteiger partial charge in [0.05, 0.1) is 0 Å². The van der Waals surface area contributed by atoms with Crippen LogP contribution in [0.1, 0.15) is 116 Å². The van der Waals surface area contributed by atoms with E-state index in [1.54, 1.807) is 42.7 Å². The van der Waals surface area contributed by atoms with Crippen molar-refractivity contribution in [3.8, 4) is 0 Å². The molecule has 0 aromatic rings. The summed E-state index contributed by atoms with van der Waals surface area (Å²) < 4.78 is 32.9. The second-order valence-corrected chi connectivity index (χ2v) is 19.0. The summed E-state index contributed by atoms with van der Waals surface area (Å²) >= 11 is 0. The molecule has 0 aromatic carbocycles. The van der Waals surface area contributed by atoms with Crippen molar-refractivity contribution in [3.63, 3.8) is 0 Å². The van der Waals surface area contributed by atoms with Crippen molar-refractivity contribution in [1.82, 2.24) is 0 Å². The standard InChI is InChI=1S/C28H62O6S2Si2/c1-29-37(30-2,31-3)27-23-19-15-11-7-9-13-17-21-25-35-36-26-22-18-14-10-8-12-16-20-24-28-38(32-4,33-5)34-6/h7-28H2,1-6H3. The topological polar surface area (TPSA) is 55.4 Å². The van der Waals surface area contributed by atoms with Crippen LogP contribution in [0.5, 0.6) is 0 Å². The van der Waals surface area contributed by atoms with Crippen LogP contribution < -0.4 is 0 Å². The van der Waals surface area contributed by atoms with Gasteiger partial charge < -0.3 is 26.6 Å². The maximum absolute atomic E-state index is 5.48. The Morgan fingerprint density at radius 1 is 0.316 bits per heavy atom. The minimum atomic E-state index is -2.35. The fraction of sp³-hybridized carbons (Fsp3) is 1.00. The van der Waals surface area contributed by atoms with Crippen LogP contribution in [0.25, 0.3) is 0 Å². The molecule has 0 spiro atoms. The van der Waals surface area contributed by atoms with Gasteiger partial charge in [-0.3, -0.25) is 0 Å². The zero-order chi connectivity index (χ0) is 28.2. The third kappa shape index (κ3) is 20.7. The van der Waals surface area contributed by atoms with E-state index in [2.05, 4.69) is 21.6 Å². The number of rotatable bonds is 31. The van der Waals surface area contributed by atoms with Crippen LogP contribution in [-0.2, 0) is 26.6 Å². The Bertz CT molecular complexity index is 428. The largest absolute Gasteiger partial charge is 0.500 e. The molecule has 0 saturated heterocycles. The van der Waals surface area contributed by atoms with Crippen LogP contribution in [0.2, 0.25) is 12.1 Å². The summed E-state index contributed by atoms with van der Waals surface area (Å²) in [6.07, 6.45) is 24.0. The van der Waals surface area contributed by atoms with Crippen molar-refractivity contribution in [2.75, 3.05) is 54.2 Å². The molecule has 0 aliphatic heterocycles. The Kier molecular flexibility index (Phi) is 28.7. The highest BCUT2D eigenvalue weighted by molar-refractivity contribution is 8.76. The van der Waals surface area contributed by atoms with Gasteiger partial charge in [0.2, 0.25) is 0 Å². The van der Waals surface area contributed by atoms with Gasteiger partial charge in [0.15, 0.2) is 0 Å². The molecule has 0 N–H and O–H groups in total.